The zero-order chi connectivity index (χ0) is 19.3. The van der Waals surface area contributed by atoms with E-state index in [1.54, 1.807) is 20.8 Å². The maximum Gasteiger partial charge on any atom is 0.341 e. The molecule has 1 aromatic rings. The van der Waals surface area contributed by atoms with Gasteiger partial charge in [-0.3, -0.25) is 4.79 Å². The van der Waals surface area contributed by atoms with Crippen molar-refractivity contribution in [1.82, 2.24) is 15.0 Å². The van der Waals surface area contributed by atoms with Gasteiger partial charge in [0, 0.05) is 17.4 Å². The second-order valence-corrected chi connectivity index (χ2v) is 8.23. The molecule has 1 heterocycles. The molecule has 1 aliphatic rings. The number of aromatic nitrogens is 1. The Labute approximate surface area is 154 Å². The van der Waals surface area contributed by atoms with E-state index in [-0.39, 0.29) is 35.6 Å². The maximum atomic E-state index is 12.7. The fraction of sp³-hybridized carbons (Fsp3) is 0.647. The molecular weight excluding hydrogens is 358 g/mol. The maximum absolute atomic E-state index is 12.7. The Morgan fingerprint density at radius 2 is 1.81 bits per heavy atom. The van der Waals surface area contributed by atoms with Crippen LogP contribution < -0.4 is 10.0 Å². The molecule has 0 spiro atoms. The van der Waals surface area contributed by atoms with E-state index in [0.29, 0.717) is 11.4 Å². The van der Waals surface area contributed by atoms with E-state index in [9.17, 15) is 18.0 Å². The quantitative estimate of drug-likeness (QED) is 0.616. The highest BCUT2D eigenvalue weighted by atomic mass is 32.2. The summed E-state index contributed by atoms with van der Waals surface area (Å²) in [5.74, 6) is -1.08. The molecule has 3 N–H and O–H groups in total. The van der Waals surface area contributed by atoms with Gasteiger partial charge in [0.25, 0.3) is 0 Å². The zero-order valence-electron chi connectivity index (χ0n) is 15.5. The summed E-state index contributed by atoms with van der Waals surface area (Å²) in [6.07, 6.45) is 5.15. The number of hydrogen-bond acceptors (Lipinski definition) is 5. The van der Waals surface area contributed by atoms with E-state index in [2.05, 4.69) is 15.0 Å². The van der Waals surface area contributed by atoms with Crippen molar-refractivity contribution in [2.75, 3.05) is 13.2 Å². The molecular formula is C17H27N3O5S. The van der Waals surface area contributed by atoms with E-state index < -0.39 is 16.0 Å². The lowest BCUT2D eigenvalue weighted by Gasteiger charge is -2.22. The third-order valence-electron chi connectivity index (χ3n) is 4.46. The van der Waals surface area contributed by atoms with Crippen LogP contribution in [0, 0.1) is 13.8 Å². The normalized spacial score (nSPS) is 15.7. The van der Waals surface area contributed by atoms with Crippen LogP contribution in [0.15, 0.2) is 4.90 Å². The van der Waals surface area contributed by atoms with Gasteiger partial charge in [0.2, 0.25) is 15.9 Å². The van der Waals surface area contributed by atoms with Gasteiger partial charge in [0.05, 0.1) is 13.2 Å². The third kappa shape index (κ3) is 4.85. The predicted octanol–water partition coefficient (Wildman–Crippen LogP) is 1.54. The predicted molar refractivity (Wildman–Crippen MR) is 96.4 cm³/mol. The van der Waals surface area contributed by atoms with Crippen LogP contribution in [-0.2, 0) is 19.6 Å². The van der Waals surface area contributed by atoms with Crippen molar-refractivity contribution in [3.63, 3.8) is 0 Å². The van der Waals surface area contributed by atoms with Crippen LogP contribution in [0.1, 0.15) is 60.8 Å². The summed E-state index contributed by atoms with van der Waals surface area (Å²) in [6.45, 7) is 4.58. The molecule has 1 aliphatic carbocycles. The van der Waals surface area contributed by atoms with Crippen LogP contribution in [0.5, 0.6) is 0 Å². The van der Waals surface area contributed by atoms with Crippen LogP contribution in [0.3, 0.4) is 0 Å². The molecule has 0 unspecified atom stereocenters. The van der Waals surface area contributed by atoms with Crippen molar-refractivity contribution < 1.29 is 22.7 Å². The first-order valence-corrected chi connectivity index (χ1v) is 10.4. The number of aromatic amines is 1. The zero-order valence-corrected chi connectivity index (χ0v) is 16.3. The lowest BCUT2D eigenvalue weighted by atomic mass is 9.95. The van der Waals surface area contributed by atoms with Crippen LogP contribution in [0.25, 0.3) is 0 Å². The molecule has 8 nitrogen and oxygen atoms in total. The van der Waals surface area contributed by atoms with E-state index in [1.807, 2.05) is 0 Å². The second-order valence-electron chi connectivity index (χ2n) is 6.53. The fourth-order valence-corrected chi connectivity index (χ4v) is 4.73. The molecule has 0 aromatic carbocycles. The van der Waals surface area contributed by atoms with Crippen molar-refractivity contribution in [2.45, 2.75) is 63.8 Å². The smallest absolute Gasteiger partial charge is 0.341 e. The van der Waals surface area contributed by atoms with E-state index in [0.717, 1.165) is 25.7 Å². The summed E-state index contributed by atoms with van der Waals surface area (Å²) < 4.78 is 32.6. The number of esters is 1. The number of amides is 1. The van der Waals surface area contributed by atoms with Gasteiger partial charge in [-0.15, -0.1) is 0 Å². The fourth-order valence-electron chi connectivity index (χ4n) is 3.30. The van der Waals surface area contributed by atoms with Crippen LogP contribution in [0.4, 0.5) is 0 Å². The van der Waals surface area contributed by atoms with Gasteiger partial charge in [-0.1, -0.05) is 19.3 Å². The molecule has 0 radical (unpaired) electrons. The molecule has 26 heavy (non-hydrogen) atoms. The monoisotopic (exact) mass is 385 g/mol. The van der Waals surface area contributed by atoms with Gasteiger partial charge in [0.1, 0.15) is 10.5 Å². The number of nitrogens with one attached hydrogen (secondary N) is 3. The molecule has 1 saturated carbocycles. The highest BCUT2D eigenvalue weighted by molar-refractivity contribution is 7.89. The molecule has 1 aromatic heterocycles. The number of H-pyrrole nitrogens is 1. The number of ether oxygens (including phenoxy) is 1. The standard InChI is InChI=1S/C17H27N3O5S/c1-4-25-17(22)15-11(2)19-12(3)16(15)26(23,24)18-10-14(21)20-13-8-6-5-7-9-13/h13,18-19H,4-10H2,1-3H3,(H,20,21). The number of carbonyl (C=O) groups excluding carboxylic acids is 2. The van der Waals surface area contributed by atoms with Crippen molar-refractivity contribution in [3.8, 4) is 0 Å². The number of aryl methyl sites for hydroxylation is 2. The SMILES string of the molecule is CCOC(=O)c1c(C)[nH]c(C)c1S(=O)(=O)NCC(=O)NC1CCCCC1. The number of sulfonamides is 1. The lowest BCUT2D eigenvalue weighted by Crippen LogP contribution is -2.42. The van der Waals surface area contributed by atoms with Gasteiger partial charge >= 0.3 is 5.97 Å². The highest BCUT2D eigenvalue weighted by Gasteiger charge is 2.30. The van der Waals surface area contributed by atoms with E-state index in [4.69, 9.17) is 4.74 Å². The van der Waals surface area contributed by atoms with Crippen molar-refractivity contribution in [2.24, 2.45) is 0 Å². The summed E-state index contributed by atoms with van der Waals surface area (Å²) in [7, 11) is -4.04. The Hall–Kier alpha value is -1.87. The minimum absolute atomic E-state index is 0.0236. The first-order valence-electron chi connectivity index (χ1n) is 8.91. The first-order chi connectivity index (χ1) is 12.3. The van der Waals surface area contributed by atoms with Gasteiger partial charge in [-0.05, 0) is 33.6 Å². The minimum atomic E-state index is -4.04. The number of rotatable bonds is 7. The van der Waals surface area contributed by atoms with Gasteiger partial charge in [0.15, 0.2) is 0 Å². The number of hydrogen-bond donors (Lipinski definition) is 3. The van der Waals surface area contributed by atoms with Crippen LogP contribution in [-0.4, -0.2) is 44.5 Å². The molecule has 146 valence electrons. The molecule has 0 aliphatic heterocycles. The van der Waals surface area contributed by atoms with E-state index >= 15 is 0 Å². The molecule has 2 rings (SSSR count). The molecule has 9 heteroatoms. The summed E-state index contributed by atoms with van der Waals surface area (Å²) in [6, 6.07) is 0.104. The minimum Gasteiger partial charge on any atom is -0.462 e. The molecule has 0 bridgehead atoms. The van der Waals surface area contributed by atoms with Crippen molar-refractivity contribution in [3.05, 3.63) is 17.0 Å². The molecule has 0 saturated heterocycles. The molecule has 1 amide bonds. The topological polar surface area (TPSA) is 117 Å². The summed E-state index contributed by atoms with van der Waals surface area (Å²) in [5.41, 5.74) is 0.711. The molecule has 1 fully saturated rings. The Morgan fingerprint density at radius 1 is 1.15 bits per heavy atom. The second kappa shape index (κ2) is 8.68. The summed E-state index contributed by atoms with van der Waals surface area (Å²) in [4.78, 5) is 26.9. The number of carbonyl (C=O) groups is 2. The van der Waals surface area contributed by atoms with E-state index in [1.165, 1.54) is 6.42 Å². The van der Waals surface area contributed by atoms with Crippen LogP contribution >= 0.6 is 0 Å². The van der Waals surface area contributed by atoms with Crippen molar-refractivity contribution in [1.29, 1.82) is 0 Å². The van der Waals surface area contributed by atoms with Crippen molar-refractivity contribution >= 4 is 21.9 Å². The van der Waals surface area contributed by atoms with Gasteiger partial charge in [-0.2, -0.15) is 0 Å². The largest absolute Gasteiger partial charge is 0.462 e. The van der Waals surface area contributed by atoms with Gasteiger partial charge < -0.3 is 15.0 Å². The molecule has 0 atom stereocenters. The third-order valence-corrected chi connectivity index (χ3v) is 6.03. The Kier molecular flexibility index (Phi) is 6.82. The Balaban J connectivity index is 2.10. The lowest BCUT2D eigenvalue weighted by molar-refractivity contribution is -0.120. The van der Waals surface area contributed by atoms with Gasteiger partial charge in [-0.25, -0.2) is 17.9 Å². The van der Waals surface area contributed by atoms with Crippen LogP contribution in [0.2, 0.25) is 0 Å². The summed E-state index contributed by atoms with van der Waals surface area (Å²) in [5, 5.41) is 2.86. The Morgan fingerprint density at radius 3 is 2.42 bits per heavy atom. The average Bonchev–Trinajstić information content (AvgIpc) is 2.89. The average molecular weight is 385 g/mol. The Bertz CT molecular complexity index is 764. The first kappa shape index (κ1) is 20.4. The summed E-state index contributed by atoms with van der Waals surface area (Å²) >= 11 is 0. The highest BCUT2D eigenvalue weighted by Crippen LogP contribution is 2.24.